The SMILES string of the molecule is CCOC(=O)NNC(=O)[C@@H]1CCCN1C(=O)c1ccccc1O. The molecule has 8 heteroatoms. The van der Waals surface area contributed by atoms with E-state index in [0.29, 0.717) is 19.4 Å². The van der Waals surface area contributed by atoms with Gasteiger partial charge in [0.1, 0.15) is 11.8 Å². The predicted molar refractivity (Wildman–Crippen MR) is 80.5 cm³/mol. The highest BCUT2D eigenvalue weighted by atomic mass is 16.6. The first-order valence-corrected chi connectivity index (χ1v) is 7.36. The molecular formula is C15H19N3O5. The molecule has 124 valence electrons. The highest BCUT2D eigenvalue weighted by molar-refractivity contribution is 6.00. The Bertz CT molecular complexity index is 605. The molecule has 0 unspecified atom stereocenters. The number of hydrogen-bond donors (Lipinski definition) is 3. The number of phenols is 1. The van der Waals surface area contributed by atoms with Gasteiger partial charge in [-0.05, 0) is 31.9 Å². The van der Waals surface area contributed by atoms with Gasteiger partial charge < -0.3 is 14.7 Å². The highest BCUT2D eigenvalue weighted by Gasteiger charge is 2.35. The monoisotopic (exact) mass is 321 g/mol. The Morgan fingerprint density at radius 2 is 2.04 bits per heavy atom. The van der Waals surface area contributed by atoms with Crippen LogP contribution in [0.4, 0.5) is 4.79 Å². The second kappa shape index (κ2) is 7.48. The maximum atomic E-state index is 12.5. The molecule has 2 rings (SSSR count). The van der Waals surface area contributed by atoms with E-state index >= 15 is 0 Å². The third kappa shape index (κ3) is 3.91. The van der Waals surface area contributed by atoms with E-state index < -0.39 is 23.9 Å². The highest BCUT2D eigenvalue weighted by Crippen LogP contribution is 2.24. The first kappa shape index (κ1) is 16.6. The van der Waals surface area contributed by atoms with Crippen molar-refractivity contribution in [2.75, 3.05) is 13.2 Å². The topological polar surface area (TPSA) is 108 Å². The summed E-state index contributed by atoms with van der Waals surface area (Å²) in [5.41, 5.74) is 4.51. The summed E-state index contributed by atoms with van der Waals surface area (Å²) >= 11 is 0. The summed E-state index contributed by atoms with van der Waals surface area (Å²) in [4.78, 5) is 37.2. The van der Waals surface area contributed by atoms with Gasteiger partial charge in [-0.15, -0.1) is 0 Å². The molecule has 1 fully saturated rings. The van der Waals surface area contributed by atoms with Crippen LogP contribution in [0.1, 0.15) is 30.1 Å². The van der Waals surface area contributed by atoms with Crippen molar-refractivity contribution in [3.63, 3.8) is 0 Å². The number of benzene rings is 1. The molecule has 1 aromatic rings. The average Bonchev–Trinajstić information content (AvgIpc) is 3.02. The Hall–Kier alpha value is -2.77. The van der Waals surface area contributed by atoms with Crippen LogP contribution in [-0.4, -0.2) is 47.1 Å². The molecule has 1 heterocycles. The number of nitrogens with one attached hydrogen (secondary N) is 2. The number of hydrazine groups is 1. The molecule has 0 aromatic heterocycles. The first-order valence-electron chi connectivity index (χ1n) is 7.36. The van der Waals surface area contributed by atoms with Gasteiger partial charge in [-0.3, -0.25) is 15.0 Å². The second-order valence-electron chi connectivity index (χ2n) is 5.01. The number of phenolic OH excluding ortho intramolecular Hbond substituents is 1. The number of likely N-dealkylation sites (tertiary alicyclic amines) is 1. The van der Waals surface area contributed by atoms with Gasteiger partial charge >= 0.3 is 6.09 Å². The van der Waals surface area contributed by atoms with Crippen molar-refractivity contribution in [1.29, 1.82) is 0 Å². The number of ether oxygens (including phenoxy) is 1. The van der Waals surface area contributed by atoms with Gasteiger partial charge in [0.2, 0.25) is 0 Å². The van der Waals surface area contributed by atoms with Gasteiger partial charge in [0.25, 0.3) is 11.8 Å². The summed E-state index contributed by atoms with van der Waals surface area (Å²) in [5, 5.41) is 9.78. The lowest BCUT2D eigenvalue weighted by molar-refractivity contribution is -0.125. The number of carbonyl (C=O) groups is 3. The van der Waals surface area contributed by atoms with E-state index in [-0.39, 0.29) is 17.9 Å². The number of para-hydroxylation sites is 1. The molecule has 0 bridgehead atoms. The average molecular weight is 321 g/mol. The third-order valence-corrected chi connectivity index (χ3v) is 3.51. The summed E-state index contributed by atoms with van der Waals surface area (Å²) in [5.74, 6) is -1.05. The van der Waals surface area contributed by atoms with Crippen LogP contribution in [0.3, 0.4) is 0 Å². The van der Waals surface area contributed by atoms with E-state index in [4.69, 9.17) is 0 Å². The van der Waals surface area contributed by atoms with Gasteiger partial charge in [-0.2, -0.15) is 0 Å². The van der Waals surface area contributed by atoms with Crippen LogP contribution in [0.25, 0.3) is 0 Å². The summed E-state index contributed by atoms with van der Waals surface area (Å²) in [6, 6.07) is 5.47. The third-order valence-electron chi connectivity index (χ3n) is 3.51. The van der Waals surface area contributed by atoms with Gasteiger partial charge in [0.05, 0.1) is 12.2 Å². The fourth-order valence-corrected chi connectivity index (χ4v) is 2.45. The second-order valence-corrected chi connectivity index (χ2v) is 5.01. The largest absolute Gasteiger partial charge is 0.507 e. The van der Waals surface area contributed by atoms with Crippen LogP contribution in [0.15, 0.2) is 24.3 Å². The number of nitrogens with zero attached hydrogens (tertiary/aromatic N) is 1. The fraction of sp³-hybridized carbons (Fsp3) is 0.400. The van der Waals surface area contributed by atoms with Gasteiger partial charge in [0.15, 0.2) is 0 Å². The zero-order chi connectivity index (χ0) is 16.8. The number of hydrogen-bond acceptors (Lipinski definition) is 5. The van der Waals surface area contributed by atoms with Crippen LogP contribution < -0.4 is 10.9 Å². The minimum atomic E-state index is -0.766. The molecule has 3 N–H and O–H groups in total. The lowest BCUT2D eigenvalue weighted by Gasteiger charge is -2.24. The first-order chi connectivity index (χ1) is 11.0. The standard InChI is InChI=1S/C15H19N3O5/c1-2-23-15(22)17-16-13(20)11-7-5-9-18(11)14(21)10-6-3-4-8-12(10)19/h3-4,6,8,11,19H,2,5,7,9H2,1H3,(H,16,20)(H,17,22)/t11-/m0/s1. The number of aromatic hydroxyl groups is 1. The van der Waals surface area contributed by atoms with Gasteiger partial charge in [-0.1, -0.05) is 12.1 Å². The summed E-state index contributed by atoms with van der Waals surface area (Å²) < 4.78 is 4.64. The number of amides is 3. The summed E-state index contributed by atoms with van der Waals surface area (Å²) in [6.45, 7) is 2.23. The Balaban J connectivity index is 2.02. The van der Waals surface area contributed by atoms with Crippen molar-refractivity contribution >= 4 is 17.9 Å². The molecule has 1 aromatic carbocycles. The van der Waals surface area contributed by atoms with E-state index in [1.165, 1.54) is 17.0 Å². The lowest BCUT2D eigenvalue weighted by Crippen LogP contribution is -2.51. The molecule has 1 aliphatic rings. The Labute approximate surface area is 133 Å². The molecule has 0 spiro atoms. The fourth-order valence-electron chi connectivity index (χ4n) is 2.45. The van der Waals surface area contributed by atoms with Crippen molar-refractivity contribution in [1.82, 2.24) is 15.8 Å². The summed E-state index contributed by atoms with van der Waals surface area (Å²) in [6.07, 6.45) is 0.379. The van der Waals surface area contributed by atoms with Crippen LogP contribution in [0, 0.1) is 0 Å². The van der Waals surface area contributed by atoms with E-state index in [1.807, 2.05) is 0 Å². The molecule has 0 saturated carbocycles. The van der Waals surface area contributed by atoms with Crippen molar-refractivity contribution in [2.24, 2.45) is 0 Å². The van der Waals surface area contributed by atoms with Gasteiger partial charge in [-0.25, -0.2) is 10.2 Å². The smallest absolute Gasteiger partial charge is 0.426 e. The molecule has 23 heavy (non-hydrogen) atoms. The molecule has 1 saturated heterocycles. The van der Waals surface area contributed by atoms with Crippen molar-refractivity contribution in [3.8, 4) is 5.75 Å². The van der Waals surface area contributed by atoms with E-state index in [2.05, 4.69) is 15.6 Å². The molecule has 3 amide bonds. The Morgan fingerprint density at radius 1 is 1.30 bits per heavy atom. The van der Waals surface area contributed by atoms with Crippen LogP contribution in [0.5, 0.6) is 5.75 Å². The molecule has 1 aliphatic heterocycles. The van der Waals surface area contributed by atoms with Gasteiger partial charge in [0, 0.05) is 6.54 Å². The van der Waals surface area contributed by atoms with Crippen LogP contribution in [-0.2, 0) is 9.53 Å². The molecule has 8 nitrogen and oxygen atoms in total. The van der Waals surface area contributed by atoms with Crippen molar-refractivity contribution in [2.45, 2.75) is 25.8 Å². The lowest BCUT2D eigenvalue weighted by atomic mass is 10.1. The number of rotatable bonds is 3. The minimum Gasteiger partial charge on any atom is -0.507 e. The van der Waals surface area contributed by atoms with Crippen LogP contribution >= 0.6 is 0 Å². The maximum Gasteiger partial charge on any atom is 0.426 e. The Morgan fingerprint density at radius 3 is 2.74 bits per heavy atom. The van der Waals surface area contributed by atoms with E-state index in [9.17, 15) is 19.5 Å². The molecule has 1 atom stereocenters. The zero-order valence-electron chi connectivity index (χ0n) is 12.7. The predicted octanol–water partition coefficient (Wildman–Crippen LogP) is 0.774. The molecule has 0 radical (unpaired) electrons. The maximum absolute atomic E-state index is 12.5. The van der Waals surface area contributed by atoms with E-state index in [0.717, 1.165) is 0 Å². The van der Waals surface area contributed by atoms with Crippen molar-refractivity contribution < 1.29 is 24.2 Å². The Kier molecular flexibility index (Phi) is 5.40. The van der Waals surface area contributed by atoms with Crippen LogP contribution in [0.2, 0.25) is 0 Å². The summed E-state index contributed by atoms with van der Waals surface area (Å²) in [7, 11) is 0. The molecule has 0 aliphatic carbocycles. The normalized spacial score (nSPS) is 16.7. The number of carbonyl (C=O) groups excluding carboxylic acids is 3. The van der Waals surface area contributed by atoms with E-state index in [1.54, 1.807) is 19.1 Å². The molecular weight excluding hydrogens is 302 g/mol. The van der Waals surface area contributed by atoms with Crippen molar-refractivity contribution in [3.05, 3.63) is 29.8 Å². The quantitative estimate of drug-likeness (QED) is 0.713. The zero-order valence-corrected chi connectivity index (χ0v) is 12.7. The minimum absolute atomic E-state index is 0.131.